The maximum atomic E-state index is 8.00. The molecule has 0 unspecified atom stereocenters. The molecule has 0 aromatic carbocycles. The minimum atomic E-state index is 0. The third kappa shape index (κ3) is 1860. The largest absolute Gasteiger partial charge is 3.00 e. The molecule has 0 radical (unpaired) electrons. The predicted octanol–water partition coefficient (Wildman–Crippen LogP) is 2.84. The summed E-state index contributed by atoms with van der Waals surface area (Å²) in [4.78, 5) is 8.00. The number of thiocyanates is 2. The monoisotopic (exact) mass is 338 g/mol. The van der Waals surface area contributed by atoms with Crippen LogP contribution in [0.15, 0.2) is 5.34 Å². The first-order valence-electron chi connectivity index (χ1n) is 3.65. The van der Waals surface area contributed by atoms with Crippen LogP contribution in [0.2, 0.25) is 0 Å². The number of nitrogens with zero attached hydrogens (tertiary/aromatic N) is 3. The molecular formula is C6H13CoN7O2S2-3. The van der Waals surface area contributed by atoms with Crippen molar-refractivity contribution in [1.82, 2.24) is 0 Å². The maximum Gasteiger partial charge on any atom is 3.00 e. The third-order valence-corrected chi connectivity index (χ3v) is 0.250. The molecule has 0 aliphatic rings. The van der Waals surface area contributed by atoms with Gasteiger partial charge in [-0.2, -0.15) is 31.4 Å². The van der Waals surface area contributed by atoms with Crippen molar-refractivity contribution in [3.8, 4) is 10.8 Å². The van der Waals surface area contributed by atoms with Crippen molar-refractivity contribution in [1.29, 1.82) is 10.5 Å². The molecule has 0 aliphatic heterocycles. The van der Waals surface area contributed by atoms with Crippen LogP contribution in [0, 0.1) is 31.4 Å². The zero-order chi connectivity index (χ0) is 14.9. The molecule has 0 bridgehead atoms. The molecule has 0 aromatic heterocycles. The molecule has 0 heterocycles. The zero-order valence-corrected chi connectivity index (χ0v) is 11.9. The van der Waals surface area contributed by atoms with Crippen molar-refractivity contribution < 1.29 is 16.8 Å². The normalized spacial score (nSPS) is 4.83. The van der Waals surface area contributed by atoms with Gasteiger partial charge in [-0.3, -0.25) is 0 Å². The van der Waals surface area contributed by atoms with E-state index in [1.807, 2.05) is 0 Å². The molecule has 108 valence electrons. The Balaban J connectivity index is -0.0000000249. The van der Waals surface area contributed by atoms with Gasteiger partial charge in [0.15, 0.2) is 0 Å². The van der Waals surface area contributed by atoms with Gasteiger partial charge in [0.2, 0.25) is 0 Å². The van der Waals surface area contributed by atoms with Gasteiger partial charge in [0.25, 0.3) is 0 Å². The first kappa shape index (κ1) is 36.0. The summed E-state index contributed by atoms with van der Waals surface area (Å²) in [6, 6.07) is 0. The average Bonchev–Trinajstić information content (AvgIpc) is 2.32. The van der Waals surface area contributed by atoms with Gasteiger partial charge in [-0.15, -0.1) is 5.34 Å². The van der Waals surface area contributed by atoms with Crippen LogP contribution in [0.25, 0.3) is 22.9 Å². The third-order valence-electron chi connectivity index (χ3n) is 0.250. The SMILES string of the molecule is N#CS.N#C[S-].O=N[O-].[Co+3].[NH-]CC[NH-].[NH-]CC[NH-]. The van der Waals surface area contributed by atoms with Crippen molar-refractivity contribution in [3.63, 3.8) is 0 Å². The number of nitriles is 2. The topological polar surface area (TPSA) is 195 Å². The van der Waals surface area contributed by atoms with Gasteiger partial charge >= 0.3 is 16.8 Å². The van der Waals surface area contributed by atoms with Crippen LogP contribution in [-0.2, 0) is 29.4 Å². The van der Waals surface area contributed by atoms with Gasteiger partial charge in [-0.25, -0.2) is 5.26 Å². The second-order valence-electron chi connectivity index (χ2n) is 1.27. The molecule has 9 nitrogen and oxygen atoms in total. The van der Waals surface area contributed by atoms with Crippen LogP contribution in [0.5, 0.6) is 0 Å². The van der Waals surface area contributed by atoms with E-state index in [0.29, 0.717) is 0 Å². The van der Waals surface area contributed by atoms with Crippen molar-refractivity contribution in [2.24, 2.45) is 5.34 Å². The van der Waals surface area contributed by atoms with Crippen LogP contribution in [0.3, 0.4) is 0 Å². The van der Waals surface area contributed by atoms with E-state index in [1.165, 1.54) is 10.8 Å². The van der Waals surface area contributed by atoms with Crippen molar-refractivity contribution in [3.05, 3.63) is 33.0 Å². The van der Waals surface area contributed by atoms with Gasteiger partial charge in [0, 0.05) is 0 Å². The first-order chi connectivity index (χ1) is 8.07. The van der Waals surface area contributed by atoms with Crippen molar-refractivity contribution >= 4 is 25.3 Å². The molecule has 0 fully saturated rings. The van der Waals surface area contributed by atoms with E-state index >= 15 is 0 Å². The Morgan fingerprint density at radius 1 is 1.11 bits per heavy atom. The van der Waals surface area contributed by atoms with Crippen LogP contribution in [-0.4, -0.2) is 26.2 Å². The Bertz CT molecular complexity index is 156. The summed E-state index contributed by atoms with van der Waals surface area (Å²) in [7, 11) is 0. The summed E-state index contributed by atoms with van der Waals surface area (Å²) in [5.41, 5.74) is 25.1. The van der Waals surface area contributed by atoms with Gasteiger partial charge in [0.1, 0.15) is 5.40 Å². The zero-order valence-electron chi connectivity index (χ0n) is 9.18. The van der Waals surface area contributed by atoms with E-state index in [-0.39, 0.29) is 43.0 Å². The number of hydrogen-bond acceptors (Lipinski definition) is 7. The molecule has 0 saturated carbocycles. The second kappa shape index (κ2) is 96.2. The molecule has 0 atom stereocenters. The van der Waals surface area contributed by atoms with E-state index in [1.54, 1.807) is 0 Å². The van der Waals surface area contributed by atoms with E-state index in [9.17, 15) is 0 Å². The molecule has 0 aliphatic carbocycles. The molecule has 0 rings (SSSR count). The number of nitrogens with one attached hydrogen (secondary N) is 4. The summed E-state index contributed by atoms with van der Waals surface area (Å²) in [6.07, 6.45) is 0. The predicted molar refractivity (Wildman–Crippen MR) is 73.5 cm³/mol. The fourth-order valence-corrected chi connectivity index (χ4v) is 0. The number of thiol groups is 1. The molecule has 0 spiro atoms. The minimum absolute atomic E-state index is 0. The first-order valence-corrected chi connectivity index (χ1v) is 4.51. The van der Waals surface area contributed by atoms with Crippen molar-refractivity contribution in [2.45, 2.75) is 0 Å². The molecule has 18 heavy (non-hydrogen) atoms. The van der Waals surface area contributed by atoms with Crippen LogP contribution in [0.4, 0.5) is 0 Å². The van der Waals surface area contributed by atoms with Gasteiger partial charge in [-0.05, 0) is 0 Å². The summed E-state index contributed by atoms with van der Waals surface area (Å²) >= 11 is 6.79. The Morgan fingerprint density at radius 2 is 1.17 bits per heavy atom. The summed E-state index contributed by atoms with van der Waals surface area (Å²) in [5, 5.41) is 26.1. The Hall–Kier alpha value is -0.704. The molecule has 4 N–H and O–H groups in total. The fourth-order valence-electron chi connectivity index (χ4n) is 0. The van der Waals surface area contributed by atoms with Crippen LogP contribution < -0.4 is 0 Å². The Labute approximate surface area is 128 Å². The summed E-state index contributed by atoms with van der Waals surface area (Å²) < 4.78 is 0. The second-order valence-corrected chi connectivity index (χ2v) is 1.65. The number of hydrogen-bond donors (Lipinski definition) is 1. The van der Waals surface area contributed by atoms with Gasteiger partial charge in [0.05, 0.1) is 0 Å². The summed E-state index contributed by atoms with van der Waals surface area (Å²) in [6.45, 7) is 0.944. The minimum Gasteiger partial charge on any atom is -0.696 e. The fraction of sp³-hybridized carbons (Fsp3) is 0.667. The van der Waals surface area contributed by atoms with Crippen LogP contribution >= 0.6 is 12.6 Å². The van der Waals surface area contributed by atoms with E-state index in [0.717, 1.165) is 5.34 Å². The molecule has 12 heteroatoms. The Morgan fingerprint density at radius 3 is 1.17 bits per heavy atom. The maximum absolute atomic E-state index is 8.00. The molecule has 0 amide bonds. The van der Waals surface area contributed by atoms with Gasteiger partial charge < -0.3 is 45.7 Å². The van der Waals surface area contributed by atoms with Crippen molar-refractivity contribution in [2.75, 3.05) is 26.2 Å². The molecular weight excluding hydrogens is 325 g/mol. The van der Waals surface area contributed by atoms with E-state index < -0.39 is 0 Å². The standard InChI is InChI=1S/2C2H6N2.2CHNS.Co.HNO2/c2*3-1-2-4;2*2-1-3;;2-1-3/h2*3-4H,1-2H2;2*3H;;(H,2,3)/q2*-2;;;+3;/p-2. The smallest absolute Gasteiger partial charge is 0.696 e. The quantitative estimate of drug-likeness (QED) is 0.265. The van der Waals surface area contributed by atoms with Crippen LogP contribution in [0.1, 0.15) is 0 Å². The Kier molecular flexibility index (Phi) is 192. The van der Waals surface area contributed by atoms with E-state index in [4.69, 9.17) is 43.6 Å². The summed E-state index contributed by atoms with van der Waals surface area (Å²) in [5.74, 6) is 0. The molecule has 0 saturated heterocycles. The number of rotatable bonds is 2. The van der Waals surface area contributed by atoms with E-state index in [2.05, 4.69) is 25.3 Å². The average molecular weight is 338 g/mol. The van der Waals surface area contributed by atoms with Gasteiger partial charge in [-0.1, -0.05) is 18.0 Å². The molecule has 0 aromatic rings.